The highest BCUT2D eigenvalue weighted by Crippen LogP contribution is 2.33. The first kappa shape index (κ1) is 16.2. The van der Waals surface area contributed by atoms with Gasteiger partial charge in [0.05, 0.1) is 25.0 Å². The molecule has 25 heavy (non-hydrogen) atoms. The molecule has 1 aromatic carbocycles. The van der Waals surface area contributed by atoms with E-state index in [0.29, 0.717) is 30.9 Å². The van der Waals surface area contributed by atoms with Crippen LogP contribution in [0.3, 0.4) is 0 Å². The molecule has 2 aromatic heterocycles. The molecule has 8 heteroatoms. The maximum absolute atomic E-state index is 13.0. The molecule has 0 saturated carbocycles. The Balaban J connectivity index is 1.74. The monoisotopic (exact) mass is 360 g/mol. The number of methoxy groups -OCH3 is 1. The third-order valence-corrected chi connectivity index (χ3v) is 6.91. The summed E-state index contributed by atoms with van der Waals surface area (Å²) in [4.78, 5) is 3.64. The second-order valence-corrected chi connectivity index (χ2v) is 8.22. The number of nitrogens with one attached hydrogen (secondary N) is 2. The van der Waals surface area contributed by atoms with Crippen LogP contribution in [0.15, 0.2) is 23.1 Å². The fourth-order valence-electron chi connectivity index (χ4n) is 3.58. The zero-order valence-electron chi connectivity index (χ0n) is 14.4. The topological polar surface area (TPSA) is 91.1 Å². The zero-order valence-corrected chi connectivity index (χ0v) is 15.2. The predicted molar refractivity (Wildman–Crippen MR) is 94.2 cm³/mol. The number of nitrogens with zero attached hydrogens (tertiary/aromatic N) is 2. The minimum atomic E-state index is -3.58. The standard InChI is InChI=1S/C17H20N4O3S/c1-10-17(11(2)20-19-10)25(22,23)21-7-6-13-14-8-12(24-3)4-5-15(14)18-16(13)9-21/h4-5,8,18H,6-7,9H2,1-3H3,(H,19,20). The number of benzene rings is 1. The molecule has 0 amide bonds. The number of ether oxygens (including phenoxy) is 1. The van der Waals surface area contributed by atoms with Gasteiger partial charge in [-0.2, -0.15) is 9.40 Å². The van der Waals surface area contributed by atoms with Crippen molar-refractivity contribution < 1.29 is 13.2 Å². The lowest BCUT2D eigenvalue weighted by Crippen LogP contribution is -2.36. The molecule has 0 aliphatic carbocycles. The second-order valence-electron chi connectivity index (χ2n) is 6.35. The van der Waals surface area contributed by atoms with E-state index in [9.17, 15) is 8.42 Å². The van der Waals surface area contributed by atoms with E-state index in [2.05, 4.69) is 15.2 Å². The lowest BCUT2D eigenvalue weighted by molar-refractivity contribution is 0.388. The highest BCUT2D eigenvalue weighted by atomic mass is 32.2. The van der Waals surface area contributed by atoms with E-state index in [0.717, 1.165) is 22.3 Å². The van der Waals surface area contributed by atoms with Crippen molar-refractivity contribution in [3.8, 4) is 5.75 Å². The molecule has 0 radical (unpaired) electrons. The van der Waals surface area contributed by atoms with E-state index in [1.54, 1.807) is 21.0 Å². The Morgan fingerprint density at radius 3 is 2.76 bits per heavy atom. The largest absolute Gasteiger partial charge is 0.497 e. The van der Waals surface area contributed by atoms with E-state index in [1.807, 2.05) is 18.2 Å². The Kier molecular flexibility index (Phi) is 3.62. The Hall–Kier alpha value is -2.32. The van der Waals surface area contributed by atoms with Crippen molar-refractivity contribution in [1.82, 2.24) is 19.5 Å². The van der Waals surface area contributed by atoms with Crippen LogP contribution in [0.2, 0.25) is 0 Å². The highest BCUT2D eigenvalue weighted by molar-refractivity contribution is 7.89. The molecule has 1 aliphatic rings. The van der Waals surface area contributed by atoms with E-state index in [4.69, 9.17) is 4.74 Å². The summed E-state index contributed by atoms with van der Waals surface area (Å²) >= 11 is 0. The number of fused-ring (bicyclic) bond motifs is 3. The van der Waals surface area contributed by atoms with Crippen LogP contribution in [-0.2, 0) is 23.0 Å². The van der Waals surface area contributed by atoms with Gasteiger partial charge in [-0.05, 0) is 44.0 Å². The van der Waals surface area contributed by atoms with Crippen LogP contribution in [-0.4, -0.2) is 41.6 Å². The molecule has 0 bridgehead atoms. The summed E-state index contributed by atoms with van der Waals surface area (Å²) in [6.45, 7) is 4.22. The molecule has 0 atom stereocenters. The van der Waals surface area contributed by atoms with Gasteiger partial charge in [-0.15, -0.1) is 0 Å². The van der Waals surface area contributed by atoms with Crippen LogP contribution in [0.4, 0.5) is 0 Å². The lowest BCUT2D eigenvalue weighted by atomic mass is 10.0. The first-order valence-electron chi connectivity index (χ1n) is 8.11. The van der Waals surface area contributed by atoms with Gasteiger partial charge >= 0.3 is 0 Å². The quantitative estimate of drug-likeness (QED) is 0.749. The van der Waals surface area contributed by atoms with Crippen molar-refractivity contribution in [3.63, 3.8) is 0 Å². The summed E-state index contributed by atoms with van der Waals surface area (Å²) in [6.07, 6.45) is 0.664. The molecule has 132 valence electrons. The highest BCUT2D eigenvalue weighted by Gasteiger charge is 2.33. The summed E-state index contributed by atoms with van der Waals surface area (Å²) in [7, 11) is -1.94. The number of aromatic nitrogens is 3. The predicted octanol–water partition coefficient (Wildman–Crippen LogP) is 2.26. The van der Waals surface area contributed by atoms with Gasteiger partial charge in [-0.1, -0.05) is 0 Å². The van der Waals surface area contributed by atoms with Gasteiger partial charge in [-0.25, -0.2) is 8.42 Å². The molecule has 3 aromatic rings. The van der Waals surface area contributed by atoms with Crippen LogP contribution < -0.4 is 4.74 Å². The van der Waals surface area contributed by atoms with Crippen molar-refractivity contribution in [2.24, 2.45) is 0 Å². The Bertz CT molecular complexity index is 1050. The average Bonchev–Trinajstić information content (AvgIpc) is 3.13. The number of hydrogen-bond acceptors (Lipinski definition) is 4. The third-order valence-electron chi connectivity index (χ3n) is 4.81. The molecule has 0 spiro atoms. The molecule has 4 rings (SSSR count). The molecule has 3 heterocycles. The molecule has 7 nitrogen and oxygen atoms in total. The second kappa shape index (κ2) is 5.60. The Morgan fingerprint density at radius 2 is 2.08 bits per heavy atom. The molecule has 2 N–H and O–H groups in total. The molecule has 0 unspecified atom stereocenters. The average molecular weight is 360 g/mol. The van der Waals surface area contributed by atoms with Crippen molar-refractivity contribution in [2.45, 2.75) is 31.7 Å². The molecule has 1 aliphatic heterocycles. The van der Waals surface area contributed by atoms with Crippen LogP contribution in [0.5, 0.6) is 5.75 Å². The maximum atomic E-state index is 13.0. The van der Waals surface area contributed by atoms with Crippen LogP contribution in [0.1, 0.15) is 22.6 Å². The van der Waals surface area contributed by atoms with E-state index >= 15 is 0 Å². The number of hydrogen-bond donors (Lipinski definition) is 2. The van der Waals surface area contributed by atoms with Gasteiger partial charge < -0.3 is 9.72 Å². The van der Waals surface area contributed by atoms with E-state index < -0.39 is 10.0 Å². The van der Waals surface area contributed by atoms with Gasteiger partial charge in [-0.3, -0.25) is 5.10 Å². The lowest BCUT2D eigenvalue weighted by Gasteiger charge is -2.26. The fourth-order valence-corrected chi connectivity index (χ4v) is 5.32. The normalized spacial score (nSPS) is 15.5. The van der Waals surface area contributed by atoms with Gasteiger partial charge in [0.25, 0.3) is 0 Å². The molecule has 0 saturated heterocycles. The minimum absolute atomic E-state index is 0.286. The van der Waals surface area contributed by atoms with Crippen molar-refractivity contribution >= 4 is 20.9 Å². The number of sulfonamides is 1. The minimum Gasteiger partial charge on any atom is -0.497 e. The van der Waals surface area contributed by atoms with Crippen LogP contribution >= 0.6 is 0 Å². The zero-order chi connectivity index (χ0) is 17.8. The summed E-state index contributed by atoms with van der Waals surface area (Å²) in [5, 5.41) is 7.88. The summed E-state index contributed by atoms with van der Waals surface area (Å²) in [6, 6.07) is 5.87. The number of H-pyrrole nitrogens is 2. The van der Waals surface area contributed by atoms with E-state index in [1.165, 1.54) is 9.87 Å². The van der Waals surface area contributed by atoms with Crippen LogP contribution in [0, 0.1) is 13.8 Å². The summed E-state index contributed by atoms with van der Waals surface area (Å²) < 4.78 is 32.9. The Labute approximate surface area is 146 Å². The van der Waals surface area contributed by atoms with Gasteiger partial charge in [0.2, 0.25) is 10.0 Å². The number of aromatic amines is 2. The molecule has 0 fully saturated rings. The van der Waals surface area contributed by atoms with Gasteiger partial charge in [0, 0.05) is 23.1 Å². The third kappa shape index (κ3) is 2.44. The summed E-state index contributed by atoms with van der Waals surface area (Å²) in [5.74, 6) is 0.800. The summed E-state index contributed by atoms with van der Waals surface area (Å²) in [5.41, 5.74) is 4.19. The van der Waals surface area contributed by atoms with Gasteiger partial charge in [0.1, 0.15) is 10.6 Å². The van der Waals surface area contributed by atoms with Crippen molar-refractivity contribution in [1.29, 1.82) is 0 Å². The Morgan fingerprint density at radius 1 is 1.28 bits per heavy atom. The fraction of sp³-hybridized carbons (Fsp3) is 0.353. The van der Waals surface area contributed by atoms with Gasteiger partial charge in [0.15, 0.2) is 0 Å². The van der Waals surface area contributed by atoms with Crippen LogP contribution in [0.25, 0.3) is 10.9 Å². The van der Waals surface area contributed by atoms with Crippen molar-refractivity contribution in [2.75, 3.05) is 13.7 Å². The molecular weight excluding hydrogens is 340 g/mol. The first-order chi connectivity index (χ1) is 11.9. The number of aryl methyl sites for hydroxylation is 2. The smallest absolute Gasteiger partial charge is 0.247 e. The van der Waals surface area contributed by atoms with E-state index in [-0.39, 0.29) is 4.90 Å². The van der Waals surface area contributed by atoms with Crippen molar-refractivity contribution in [3.05, 3.63) is 40.8 Å². The SMILES string of the molecule is COc1ccc2[nH]c3c(c2c1)CCN(S(=O)(=O)c1c(C)n[nH]c1C)C3. The number of rotatable bonds is 3. The first-order valence-corrected chi connectivity index (χ1v) is 9.55. The molecular formula is C17H20N4O3S. The maximum Gasteiger partial charge on any atom is 0.247 e.